The van der Waals surface area contributed by atoms with Gasteiger partial charge in [0.15, 0.2) is 0 Å². The van der Waals surface area contributed by atoms with Crippen LogP contribution in [-0.2, 0) is 17.0 Å². The maximum absolute atomic E-state index is 3.60. The molecule has 0 saturated heterocycles. The van der Waals surface area contributed by atoms with Crippen LogP contribution in [0.25, 0.3) is 0 Å². The molecule has 0 atom stereocenters. The van der Waals surface area contributed by atoms with E-state index in [0.717, 1.165) is 5.57 Å². The molecule has 0 unspecified atom stereocenters. The molecule has 0 aliphatic heterocycles. The molecule has 0 amide bonds. The van der Waals surface area contributed by atoms with E-state index in [9.17, 15) is 0 Å². The summed E-state index contributed by atoms with van der Waals surface area (Å²) in [6.07, 6.45) is 0. The summed E-state index contributed by atoms with van der Waals surface area (Å²) >= 11 is 2.35. The monoisotopic (exact) mass is 105 g/mol. The Morgan fingerprint density at radius 1 is 2.00 bits per heavy atom. The van der Waals surface area contributed by atoms with Gasteiger partial charge in [0.05, 0.1) is 0 Å². The van der Waals surface area contributed by atoms with E-state index < -0.39 is 0 Å². The summed E-state index contributed by atoms with van der Waals surface area (Å²) in [5, 5.41) is 0. The molecule has 0 nitrogen and oxygen atoms in total. The second-order valence-electron chi connectivity index (χ2n) is 0.975. The van der Waals surface area contributed by atoms with E-state index in [2.05, 4.69) is 23.6 Å². The van der Waals surface area contributed by atoms with Crippen molar-refractivity contribution < 1.29 is 17.0 Å². The van der Waals surface area contributed by atoms with Gasteiger partial charge in [0.25, 0.3) is 0 Å². The Morgan fingerprint density at radius 2 is 2.20 bits per heavy atom. The van der Waals surface area contributed by atoms with Gasteiger partial charge < -0.3 is 0 Å². The second kappa shape index (κ2) is 2.43. The van der Waals surface area contributed by atoms with Crippen LogP contribution in [0.3, 0.4) is 0 Å². The zero-order valence-corrected chi connectivity index (χ0v) is 4.63. The summed E-state index contributed by atoms with van der Waals surface area (Å²) in [7, 11) is 0. The van der Waals surface area contributed by atoms with E-state index in [-0.39, 0.29) is 0 Å². The first-order valence-corrected chi connectivity index (χ1v) is 2.21. The van der Waals surface area contributed by atoms with Crippen LogP contribution in [0.4, 0.5) is 0 Å². The molecule has 0 radical (unpaired) electrons. The van der Waals surface area contributed by atoms with Crippen LogP contribution in [0.1, 0.15) is 6.92 Å². The van der Waals surface area contributed by atoms with Crippen molar-refractivity contribution in [3.05, 3.63) is 12.2 Å². The average Bonchev–Trinajstić information content (AvgIpc) is 1.38. The summed E-state index contributed by atoms with van der Waals surface area (Å²) in [5.41, 5.74) is 1.10. The van der Waals surface area contributed by atoms with Gasteiger partial charge in [-0.2, -0.15) is 0 Å². The summed E-state index contributed by atoms with van der Waals surface area (Å²) in [6.45, 7) is 5.56. The third-order valence-electron chi connectivity index (χ3n) is 0.220. The molecule has 0 bridgehead atoms. The van der Waals surface area contributed by atoms with E-state index in [1.807, 2.05) is 11.7 Å². The molecular formula is C4H6V. The molecule has 0 heterocycles. The molecular weight excluding hydrogens is 99.0 g/mol. The minimum atomic E-state index is 1.10. The predicted octanol–water partition coefficient (Wildman–Crippen LogP) is 0.911. The van der Waals surface area contributed by atoms with Crippen LogP contribution >= 0.6 is 0 Å². The summed E-state index contributed by atoms with van der Waals surface area (Å²) in [4.78, 5) is 0. The Bertz CT molecular complexity index is 54.7. The molecule has 0 aromatic rings. The van der Waals surface area contributed by atoms with Gasteiger partial charge in [-0.15, -0.1) is 0 Å². The van der Waals surface area contributed by atoms with Crippen molar-refractivity contribution in [3.63, 3.8) is 0 Å². The van der Waals surface area contributed by atoms with Gasteiger partial charge in [-0.3, -0.25) is 0 Å². The fourth-order valence-corrected chi connectivity index (χ4v) is 0. The molecule has 0 N–H and O–H groups in total. The molecule has 27 valence electrons. The van der Waals surface area contributed by atoms with Gasteiger partial charge in [0.1, 0.15) is 0 Å². The summed E-state index contributed by atoms with van der Waals surface area (Å²) in [5.74, 6) is 0. The number of rotatable bonds is 1. The SMILES string of the molecule is C=C(C)[CH]=[V]. The fraction of sp³-hybridized carbons (Fsp3) is 0.250. The Hall–Kier alpha value is 0.194. The minimum absolute atomic E-state index is 1.10. The molecule has 0 aliphatic rings. The Kier molecular flexibility index (Phi) is 2.53. The Morgan fingerprint density at radius 3 is 2.20 bits per heavy atom. The van der Waals surface area contributed by atoms with Crippen molar-refractivity contribution in [1.29, 1.82) is 0 Å². The van der Waals surface area contributed by atoms with Crippen molar-refractivity contribution in [2.45, 2.75) is 6.92 Å². The molecule has 1 heteroatoms. The van der Waals surface area contributed by atoms with Crippen molar-refractivity contribution in [1.82, 2.24) is 0 Å². The van der Waals surface area contributed by atoms with Gasteiger partial charge in [-0.05, 0) is 0 Å². The first-order valence-electron chi connectivity index (χ1n) is 1.40. The van der Waals surface area contributed by atoms with Gasteiger partial charge in [0, 0.05) is 0 Å². The molecule has 0 aromatic heterocycles. The van der Waals surface area contributed by atoms with Crippen LogP contribution in [0.2, 0.25) is 0 Å². The molecule has 0 saturated carbocycles. The van der Waals surface area contributed by atoms with Crippen LogP contribution in [-0.4, -0.2) is 4.73 Å². The van der Waals surface area contributed by atoms with E-state index in [0.29, 0.717) is 0 Å². The van der Waals surface area contributed by atoms with Gasteiger partial charge in [-0.1, -0.05) is 0 Å². The quantitative estimate of drug-likeness (QED) is 0.465. The zero-order valence-electron chi connectivity index (χ0n) is 3.23. The molecule has 0 aliphatic carbocycles. The third kappa shape index (κ3) is 4.19. The molecule has 0 aromatic carbocycles. The van der Waals surface area contributed by atoms with E-state index in [1.54, 1.807) is 0 Å². The van der Waals surface area contributed by atoms with Gasteiger partial charge in [0.2, 0.25) is 0 Å². The number of hydrogen-bond acceptors (Lipinski definition) is 0. The second-order valence-corrected chi connectivity index (χ2v) is 1.38. The first kappa shape index (κ1) is 5.19. The zero-order chi connectivity index (χ0) is 4.28. The Balaban J connectivity index is 3.20. The molecule has 0 fully saturated rings. The average molecular weight is 105 g/mol. The maximum atomic E-state index is 3.60. The van der Waals surface area contributed by atoms with E-state index in [4.69, 9.17) is 0 Å². The Labute approximate surface area is 41.4 Å². The normalized spacial score (nSPS) is 6.40. The van der Waals surface area contributed by atoms with Crippen molar-refractivity contribution in [3.8, 4) is 0 Å². The summed E-state index contributed by atoms with van der Waals surface area (Å²) in [6, 6.07) is 0. The van der Waals surface area contributed by atoms with Crippen molar-refractivity contribution in [2.24, 2.45) is 0 Å². The van der Waals surface area contributed by atoms with E-state index >= 15 is 0 Å². The standard InChI is InChI=1S/C4H6.V/c1-4(2)3;/h1H,2H2,3H3;. The van der Waals surface area contributed by atoms with Crippen molar-refractivity contribution in [2.75, 3.05) is 0 Å². The fourth-order valence-electron chi connectivity index (χ4n) is 0. The molecule has 0 rings (SSSR count). The third-order valence-corrected chi connectivity index (χ3v) is 0.909. The molecule has 0 spiro atoms. The predicted molar refractivity (Wildman–Crippen MR) is 20.9 cm³/mol. The van der Waals surface area contributed by atoms with Crippen LogP contribution in [0.5, 0.6) is 0 Å². The summed E-state index contributed by atoms with van der Waals surface area (Å²) < 4.78 is 1.91. The number of allylic oxidation sites excluding steroid dienone is 1. The van der Waals surface area contributed by atoms with Gasteiger partial charge >= 0.3 is 40.8 Å². The van der Waals surface area contributed by atoms with Gasteiger partial charge in [-0.25, -0.2) is 0 Å². The van der Waals surface area contributed by atoms with Crippen molar-refractivity contribution >= 4 is 4.73 Å². The molecule has 5 heavy (non-hydrogen) atoms. The number of hydrogen-bond donors (Lipinski definition) is 0. The van der Waals surface area contributed by atoms with Crippen LogP contribution in [0, 0.1) is 0 Å². The van der Waals surface area contributed by atoms with E-state index in [1.165, 1.54) is 0 Å². The van der Waals surface area contributed by atoms with Crippen LogP contribution in [0.15, 0.2) is 12.2 Å². The first-order chi connectivity index (χ1) is 2.27. The van der Waals surface area contributed by atoms with Crippen LogP contribution < -0.4 is 0 Å². The topological polar surface area (TPSA) is 0 Å².